The minimum atomic E-state index is -0.372. The molecule has 0 amide bonds. The molecule has 2 saturated carbocycles. The Balaban J connectivity index is 1.70. The number of rotatable bonds is 17. The van der Waals surface area contributed by atoms with Gasteiger partial charge in [-0.1, -0.05) is 122 Å². The maximum atomic E-state index is 13.6. The molecular formula is C34H54O4. The van der Waals surface area contributed by atoms with Crippen LogP contribution in [0.25, 0.3) is 0 Å². The van der Waals surface area contributed by atoms with Gasteiger partial charge in [-0.3, -0.25) is 0 Å². The van der Waals surface area contributed by atoms with Crippen LogP contribution in [-0.4, -0.2) is 25.2 Å². The molecule has 1 aromatic carbocycles. The van der Waals surface area contributed by atoms with E-state index in [0.717, 1.165) is 43.6 Å². The van der Waals surface area contributed by atoms with Gasteiger partial charge in [-0.15, -0.1) is 0 Å². The lowest BCUT2D eigenvalue weighted by molar-refractivity contribution is 0.0446. The summed E-state index contributed by atoms with van der Waals surface area (Å²) in [5.74, 6) is 0.980. The number of fused-ring (bicyclic) bond motifs is 1. The van der Waals surface area contributed by atoms with Crippen LogP contribution in [0.1, 0.15) is 168 Å². The second kappa shape index (κ2) is 17.7. The Bertz CT molecular complexity index is 830. The fourth-order valence-corrected chi connectivity index (χ4v) is 6.85. The molecule has 0 bridgehead atoms. The Morgan fingerprint density at radius 2 is 1.26 bits per heavy atom. The molecule has 2 aliphatic rings. The Hall–Kier alpha value is -1.84. The van der Waals surface area contributed by atoms with Gasteiger partial charge in [-0.25, -0.2) is 9.59 Å². The zero-order chi connectivity index (χ0) is 27.0. The topological polar surface area (TPSA) is 52.6 Å². The molecular weight excluding hydrogens is 472 g/mol. The van der Waals surface area contributed by atoms with E-state index < -0.39 is 0 Å². The molecule has 4 nitrogen and oxygen atoms in total. The fraction of sp³-hybridized carbons (Fsp3) is 0.765. The first kappa shape index (κ1) is 30.7. The molecule has 1 aromatic rings. The van der Waals surface area contributed by atoms with E-state index in [-0.39, 0.29) is 11.9 Å². The zero-order valence-electron chi connectivity index (χ0n) is 24.4. The lowest BCUT2D eigenvalue weighted by atomic mass is 9.63. The molecule has 2 aliphatic carbocycles. The summed E-state index contributed by atoms with van der Waals surface area (Å²) >= 11 is 0. The maximum absolute atomic E-state index is 13.6. The molecule has 0 aliphatic heterocycles. The monoisotopic (exact) mass is 526 g/mol. The van der Waals surface area contributed by atoms with Crippen LogP contribution in [0, 0.1) is 11.8 Å². The molecule has 3 rings (SSSR count). The summed E-state index contributed by atoms with van der Waals surface area (Å²) in [5.41, 5.74) is 1.92. The van der Waals surface area contributed by atoms with E-state index in [0.29, 0.717) is 36.2 Å². The first-order valence-corrected chi connectivity index (χ1v) is 16.1. The number of esters is 2. The summed E-state index contributed by atoms with van der Waals surface area (Å²) in [6, 6.07) is 5.82. The minimum absolute atomic E-state index is 0.331. The van der Waals surface area contributed by atoms with E-state index in [2.05, 4.69) is 19.9 Å². The maximum Gasteiger partial charge on any atom is 0.339 e. The summed E-state index contributed by atoms with van der Waals surface area (Å²) in [6.45, 7) is 5.27. The van der Waals surface area contributed by atoms with Crippen molar-refractivity contribution >= 4 is 11.9 Å². The van der Waals surface area contributed by atoms with Gasteiger partial charge >= 0.3 is 11.9 Å². The van der Waals surface area contributed by atoms with Crippen LogP contribution in [0.15, 0.2) is 18.2 Å². The second-order valence-electron chi connectivity index (χ2n) is 11.8. The predicted octanol–water partition coefficient (Wildman–Crippen LogP) is 9.80. The molecule has 4 heteroatoms. The van der Waals surface area contributed by atoms with Gasteiger partial charge < -0.3 is 9.47 Å². The predicted molar refractivity (Wildman–Crippen MR) is 156 cm³/mol. The highest BCUT2D eigenvalue weighted by Gasteiger charge is 2.38. The normalized spacial score (nSPS) is 21.1. The average Bonchev–Trinajstić information content (AvgIpc) is 2.95. The van der Waals surface area contributed by atoms with Gasteiger partial charge in [-0.2, -0.15) is 0 Å². The van der Waals surface area contributed by atoms with Crippen LogP contribution < -0.4 is 0 Å². The van der Waals surface area contributed by atoms with Gasteiger partial charge in [0.1, 0.15) is 0 Å². The summed E-state index contributed by atoms with van der Waals surface area (Å²) in [6.07, 6.45) is 22.5. The molecule has 0 N–H and O–H groups in total. The van der Waals surface area contributed by atoms with E-state index in [9.17, 15) is 9.59 Å². The number of benzene rings is 1. The van der Waals surface area contributed by atoms with Crippen LogP contribution in [0.4, 0.5) is 0 Å². The Labute approximate surface area is 232 Å². The SMILES string of the molecule is CCCCCCCCOC(=O)c1cccc(C2CCCC3CCCCC32)c1C(=O)OCCCCCCCC. The molecule has 0 radical (unpaired) electrons. The van der Waals surface area contributed by atoms with Gasteiger partial charge in [0.2, 0.25) is 0 Å². The van der Waals surface area contributed by atoms with Gasteiger partial charge in [0.05, 0.1) is 24.3 Å². The molecule has 0 spiro atoms. The third kappa shape index (κ3) is 9.42. The first-order chi connectivity index (χ1) is 18.7. The van der Waals surface area contributed by atoms with Crippen molar-refractivity contribution in [1.82, 2.24) is 0 Å². The number of unbranched alkanes of at least 4 members (excludes halogenated alkanes) is 10. The molecule has 0 aromatic heterocycles. The lowest BCUT2D eigenvalue weighted by Crippen LogP contribution is -2.31. The molecule has 2 fully saturated rings. The summed E-state index contributed by atoms with van der Waals surface area (Å²) < 4.78 is 11.5. The van der Waals surface area contributed by atoms with E-state index in [4.69, 9.17) is 9.47 Å². The van der Waals surface area contributed by atoms with Crippen molar-refractivity contribution in [2.75, 3.05) is 13.2 Å². The van der Waals surface area contributed by atoms with Crippen molar-refractivity contribution in [3.05, 3.63) is 34.9 Å². The third-order valence-electron chi connectivity index (χ3n) is 8.96. The van der Waals surface area contributed by atoms with Crippen LogP contribution in [0.3, 0.4) is 0 Å². The first-order valence-electron chi connectivity index (χ1n) is 16.1. The Morgan fingerprint density at radius 1 is 0.684 bits per heavy atom. The van der Waals surface area contributed by atoms with Gasteiger partial charge in [0, 0.05) is 0 Å². The van der Waals surface area contributed by atoms with Gasteiger partial charge in [-0.05, 0) is 55.1 Å². The zero-order valence-corrected chi connectivity index (χ0v) is 24.4. The highest BCUT2D eigenvalue weighted by Crippen LogP contribution is 2.49. The van der Waals surface area contributed by atoms with Crippen molar-refractivity contribution in [1.29, 1.82) is 0 Å². The number of carbonyl (C=O) groups excluding carboxylic acids is 2. The van der Waals surface area contributed by atoms with Crippen LogP contribution in [0.2, 0.25) is 0 Å². The van der Waals surface area contributed by atoms with E-state index >= 15 is 0 Å². The largest absolute Gasteiger partial charge is 0.462 e. The third-order valence-corrected chi connectivity index (χ3v) is 8.96. The molecule has 0 heterocycles. The summed E-state index contributed by atoms with van der Waals surface area (Å²) in [5, 5.41) is 0. The minimum Gasteiger partial charge on any atom is -0.462 e. The molecule has 3 atom stereocenters. The smallest absolute Gasteiger partial charge is 0.339 e. The van der Waals surface area contributed by atoms with E-state index in [1.165, 1.54) is 89.9 Å². The molecule has 214 valence electrons. The highest BCUT2D eigenvalue weighted by molar-refractivity contribution is 6.04. The summed E-state index contributed by atoms with van der Waals surface area (Å²) in [4.78, 5) is 26.8. The van der Waals surface area contributed by atoms with Crippen LogP contribution >= 0.6 is 0 Å². The van der Waals surface area contributed by atoms with Crippen molar-refractivity contribution in [3.8, 4) is 0 Å². The molecule has 38 heavy (non-hydrogen) atoms. The number of ether oxygens (including phenoxy) is 2. The summed E-state index contributed by atoms with van der Waals surface area (Å²) in [7, 11) is 0. The average molecular weight is 527 g/mol. The van der Waals surface area contributed by atoms with Crippen molar-refractivity contribution in [2.45, 2.75) is 142 Å². The van der Waals surface area contributed by atoms with E-state index in [1.807, 2.05) is 6.07 Å². The van der Waals surface area contributed by atoms with Crippen LogP contribution in [0.5, 0.6) is 0 Å². The standard InChI is InChI=1S/C34H54O4/c1-3-5-7-9-11-15-25-37-33(35)31-24-18-23-30(29-22-17-20-27-19-13-14-21-28(27)29)32(31)34(36)38-26-16-12-10-8-6-4-2/h18,23-24,27-29H,3-17,19-22,25-26H2,1-2H3. The lowest BCUT2D eigenvalue weighted by Gasteiger charge is -2.42. The number of carbonyl (C=O) groups is 2. The quantitative estimate of drug-likeness (QED) is 0.150. The van der Waals surface area contributed by atoms with Crippen molar-refractivity contribution in [3.63, 3.8) is 0 Å². The second-order valence-corrected chi connectivity index (χ2v) is 11.8. The fourth-order valence-electron chi connectivity index (χ4n) is 6.85. The number of hydrogen-bond donors (Lipinski definition) is 0. The van der Waals surface area contributed by atoms with E-state index in [1.54, 1.807) is 6.07 Å². The van der Waals surface area contributed by atoms with Crippen molar-refractivity contribution in [2.24, 2.45) is 11.8 Å². The number of hydrogen-bond acceptors (Lipinski definition) is 4. The Kier molecular flexibility index (Phi) is 14.3. The highest BCUT2D eigenvalue weighted by atomic mass is 16.5. The Morgan fingerprint density at radius 3 is 1.95 bits per heavy atom. The van der Waals surface area contributed by atoms with Gasteiger partial charge in [0.15, 0.2) is 0 Å². The van der Waals surface area contributed by atoms with Gasteiger partial charge in [0.25, 0.3) is 0 Å². The molecule has 0 saturated heterocycles. The molecule has 3 unspecified atom stereocenters. The van der Waals surface area contributed by atoms with Crippen LogP contribution in [-0.2, 0) is 9.47 Å². The van der Waals surface area contributed by atoms with Crippen molar-refractivity contribution < 1.29 is 19.1 Å².